The summed E-state index contributed by atoms with van der Waals surface area (Å²) in [5.41, 5.74) is 1.44. The normalized spacial score (nSPS) is 18.0. The molecule has 0 aromatic carbocycles. The van der Waals surface area contributed by atoms with Crippen molar-refractivity contribution in [3.8, 4) is 0 Å². The number of carbonyl (C=O) groups is 1. The fraction of sp³-hybridized carbons (Fsp3) is 0.400. The van der Waals surface area contributed by atoms with Gasteiger partial charge in [0.15, 0.2) is 0 Å². The summed E-state index contributed by atoms with van der Waals surface area (Å²) in [5.74, 6) is 1.25. The highest BCUT2D eigenvalue weighted by Crippen LogP contribution is 2.39. The van der Waals surface area contributed by atoms with Crippen LogP contribution in [0.3, 0.4) is 0 Å². The van der Waals surface area contributed by atoms with Crippen LogP contribution in [-0.4, -0.2) is 44.4 Å². The third kappa shape index (κ3) is 3.50. The molecule has 4 heterocycles. The minimum Gasteiger partial charge on any atom is -0.443 e. The van der Waals surface area contributed by atoms with Crippen LogP contribution in [0, 0.1) is 12.2 Å². The lowest BCUT2D eigenvalue weighted by Crippen LogP contribution is -2.36. The monoisotopic (exact) mass is 413 g/mol. The summed E-state index contributed by atoms with van der Waals surface area (Å²) in [6.45, 7) is 4.93. The SMILES string of the molecule is Cc1cc2c(NC3(C)CC3)nc(C(=O)N3CC=C(c4cnc(F)s4)CC3)nc2o1. The number of hydrogen-bond acceptors (Lipinski definition) is 7. The van der Waals surface area contributed by atoms with Gasteiger partial charge in [-0.1, -0.05) is 17.4 Å². The first kappa shape index (κ1) is 18.2. The van der Waals surface area contributed by atoms with Crippen molar-refractivity contribution in [3.05, 3.63) is 40.1 Å². The average Bonchev–Trinajstić information content (AvgIpc) is 3.09. The third-order valence-electron chi connectivity index (χ3n) is 5.42. The Kier molecular flexibility index (Phi) is 4.16. The standard InChI is InChI=1S/C20H20FN5O2S/c1-11-9-13-15(25-20(2)5-6-20)23-16(24-17(13)28-11)18(27)26-7-3-12(4-8-26)14-10-22-19(21)29-14/h3,9-10H,4-8H2,1-2H3,(H,23,24,25). The second kappa shape index (κ2) is 6.62. The molecule has 0 atom stereocenters. The first-order chi connectivity index (χ1) is 13.9. The van der Waals surface area contributed by atoms with Gasteiger partial charge in [0, 0.05) is 24.8 Å². The zero-order chi connectivity index (χ0) is 20.2. The van der Waals surface area contributed by atoms with Crippen LogP contribution in [0.15, 0.2) is 22.8 Å². The Balaban J connectivity index is 1.41. The number of amides is 1. The van der Waals surface area contributed by atoms with E-state index in [1.807, 2.05) is 19.1 Å². The number of anilines is 1. The summed E-state index contributed by atoms with van der Waals surface area (Å²) in [4.78, 5) is 28.1. The highest BCUT2D eigenvalue weighted by atomic mass is 32.1. The van der Waals surface area contributed by atoms with Crippen molar-refractivity contribution < 1.29 is 13.6 Å². The van der Waals surface area contributed by atoms with E-state index in [0.29, 0.717) is 31.0 Å². The van der Waals surface area contributed by atoms with Crippen molar-refractivity contribution in [1.29, 1.82) is 0 Å². The van der Waals surface area contributed by atoms with Crippen LogP contribution >= 0.6 is 11.3 Å². The number of aryl methyl sites for hydroxylation is 1. The van der Waals surface area contributed by atoms with E-state index in [1.54, 1.807) is 4.90 Å². The van der Waals surface area contributed by atoms with Gasteiger partial charge < -0.3 is 14.6 Å². The molecular weight excluding hydrogens is 393 g/mol. The van der Waals surface area contributed by atoms with Crippen molar-refractivity contribution in [2.45, 2.75) is 38.6 Å². The predicted molar refractivity (Wildman–Crippen MR) is 108 cm³/mol. The number of thiazole rings is 1. The second-order valence-corrected chi connectivity index (χ2v) is 8.85. The van der Waals surface area contributed by atoms with E-state index in [2.05, 4.69) is 27.2 Å². The van der Waals surface area contributed by atoms with Crippen molar-refractivity contribution in [3.63, 3.8) is 0 Å². The molecule has 0 spiro atoms. The molecular formula is C20H20FN5O2S. The van der Waals surface area contributed by atoms with E-state index in [9.17, 15) is 9.18 Å². The number of hydrogen-bond donors (Lipinski definition) is 1. The molecule has 1 N–H and O–H groups in total. The van der Waals surface area contributed by atoms with Crippen LogP contribution in [0.2, 0.25) is 0 Å². The van der Waals surface area contributed by atoms with Crippen LogP contribution in [-0.2, 0) is 0 Å². The Morgan fingerprint density at radius 1 is 1.38 bits per heavy atom. The number of rotatable bonds is 4. The Labute approximate surface area is 170 Å². The number of furan rings is 1. The second-order valence-electron chi connectivity index (χ2n) is 7.87. The van der Waals surface area contributed by atoms with E-state index in [4.69, 9.17) is 4.42 Å². The van der Waals surface area contributed by atoms with Crippen LogP contribution in [0.5, 0.6) is 0 Å². The van der Waals surface area contributed by atoms with Gasteiger partial charge in [-0.25, -0.2) is 9.97 Å². The van der Waals surface area contributed by atoms with Crippen LogP contribution in [0.25, 0.3) is 16.7 Å². The molecule has 0 bridgehead atoms. The van der Waals surface area contributed by atoms with Crippen molar-refractivity contribution in [2.75, 3.05) is 18.4 Å². The molecule has 1 aliphatic heterocycles. The molecule has 0 radical (unpaired) electrons. The topological polar surface area (TPSA) is 84.2 Å². The molecule has 1 saturated carbocycles. The maximum Gasteiger partial charge on any atom is 0.292 e. The molecule has 3 aromatic rings. The molecule has 5 rings (SSSR count). The number of carbonyl (C=O) groups excluding carboxylic acids is 1. The molecule has 1 aliphatic carbocycles. The summed E-state index contributed by atoms with van der Waals surface area (Å²) in [5, 5.41) is 3.79. The Morgan fingerprint density at radius 3 is 2.86 bits per heavy atom. The molecule has 0 unspecified atom stereocenters. The zero-order valence-corrected chi connectivity index (χ0v) is 17.0. The first-order valence-electron chi connectivity index (χ1n) is 9.57. The molecule has 7 nitrogen and oxygen atoms in total. The summed E-state index contributed by atoms with van der Waals surface area (Å²) in [6.07, 6.45) is 6.25. The van der Waals surface area contributed by atoms with Gasteiger partial charge in [-0.15, -0.1) is 0 Å². The van der Waals surface area contributed by atoms with Gasteiger partial charge >= 0.3 is 0 Å². The lowest BCUT2D eigenvalue weighted by Gasteiger charge is -2.25. The van der Waals surface area contributed by atoms with Gasteiger partial charge in [0.2, 0.25) is 11.5 Å². The van der Waals surface area contributed by atoms with Crippen molar-refractivity contribution >= 4 is 39.7 Å². The van der Waals surface area contributed by atoms with E-state index in [-0.39, 0.29) is 17.3 Å². The molecule has 150 valence electrons. The Bertz CT molecular complexity index is 1150. The van der Waals surface area contributed by atoms with Gasteiger partial charge in [0.1, 0.15) is 11.6 Å². The van der Waals surface area contributed by atoms with Gasteiger partial charge in [-0.3, -0.25) is 4.79 Å². The van der Waals surface area contributed by atoms with Gasteiger partial charge in [-0.05, 0) is 44.7 Å². The van der Waals surface area contributed by atoms with E-state index in [0.717, 1.165) is 45.8 Å². The minimum absolute atomic E-state index is 0.0134. The Morgan fingerprint density at radius 2 is 2.21 bits per heavy atom. The molecule has 3 aromatic heterocycles. The number of nitrogens with zero attached hydrogens (tertiary/aromatic N) is 4. The van der Waals surface area contributed by atoms with E-state index < -0.39 is 5.26 Å². The average molecular weight is 413 g/mol. The fourth-order valence-corrected chi connectivity index (χ4v) is 4.16. The van der Waals surface area contributed by atoms with Crippen LogP contribution < -0.4 is 5.32 Å². The number of fused-ring (bicyclic) bond motifs is 1. The van der Waals surface area contributed by atoms with Crippen LogP contribution in [0.1, 0.15) is 47.4 Å². The molecule has 2 aliphatic rings. The maximum absolute atomic E-state index is 13.2. The molecule has 0 saturated heterocycles. The quantitative estimate of drug-likeness (QED) is 0.695. The molecule has 9 heteroatoms. The first-order valence-corrected chi connectivity index (χ1v) is 10.4. The van der Waals surface area contributed by atoms with Gasteiger partial charge in [0.05, 0.1) is 10.3 Å². The van der Waals surface area contributed by atoms with Crippen molar-refractivity contribution in [2.24, 2.45) is 0 Å². The third-order valence-corrected chi connectivity index (χ3v) is 6.28. The maximum atomic E-state index is 13.2. The number of aromatic nitrogens is 3. The fourth-order valence-electron chi connectivity index (χ4n) is 3.45. The van der Waals surface area contributed by atoms with E-state index >= 15 is 0 Å². The van der Waals surface area contributed by atoms with Gasteiger partial charge in [-0.2, -0.15) is 9.37 Å². The molecule has 29 heavy (non-hydrogen) atoms. The number of halogens is 1. The van der Waals surface area contributed by atoms with Gasteiger partial charge in [0.25, 0.3) is 11.2 Å². The summed E-state index contributed by atoms with van der Waals surface area (Å²) in [6, 6.07) is 1.89. The van der Waals surface area contributed by atoms with Crippen LogP contribution in [0.4, 0.5) is 10.2 Å². The highest BCUT2D eigenvalue weighted by Gasteiger charge is 2.38. The number of nitrogens with one attached hydrogen (secondary N) is 1. The summed E-state index contributed by atoms with van der Waals surface area (Å²) < 4.78 is 18.9. The molecule has 1 amide bonds. The largest absolute Gasteiger partial charge is 0.443 e. The molecule has 1 fully saturated rings. The smallest absolute Gasteiger partial charge is 0.292 e. The summed E-state index contributed by atoms with van der Waals surface area (Å²) >= 11 is 1.02. The highest BCUT2D eigenvalue weighted by molar-refractivity contribution is 7.11. The predicted octanol–water partition coefficient (Wildman–Crippen LogP) is 4.02. The Hall–Kier alpha value is -2.81. The minimum atomic E-state index is -0.445. The zero-order valence-electron chi connectivity index (χ0n) is 16.2. The van der Waals surface area contributed by atoms with E-state index in [1.165, 1.54) is 6.20 Å². The lowest BCUT2D eigenvalue weighted by molar-refractivity contribution is 0.0761. The van der Waals surface area contributed by atoms with Crippen molar-refractivity contribution in [1.82, 2.24) is 19.9 Å². The lowest BCUT2D eigenvalue weighted by atomic mass is 10.1. The summed E-state index contributed by atoms with van der Waals surface area (Å²) in [7, 11) is 0.